The Morgan fingerprint density at radius 3 is 2.31 bits per heavy atom. The number of nitrogens with zero attached hydrogens (tertiary/aromatic N) is 1. The topological polar surface area (TPSA) is 95.9 Å². The molecule has 0 bridgehead atoms. The molecule has 2 aromatic carbocycles. The predicted molar refractivity (Wildman–Crippen MR) is 126 cm³/mol. The molecular weight excluding hydrogens is 475 g/mol. The number of carbonyl (C=O) groups is 1. The first-order chi connectivity index (χ1) is 14.8. The van der Waals surface area contributed by atoms with Crippen molar-refractivity contribution in [2.45, 2.75) is 49.8 Å². The zero-order valence-corrected chi connectivity index (χ0v) is 20.7. The van der Waals surface area contributed by atoms with Gasteiger partial charge in [0.2, 0.25) is 10.0 Å². The molecule has 0 fully saturated rings. The number of aliphatic hydroxyl groups excluding tert-OH is 1. The number of halogens is 2. The molecule has 0 heterocycles. The quantitative estimate of drug-likeness (QED) is 0.566. The van der Waals surface area contributed by atoms with Gasteiger partial charge in [0.05, 0.1) is 27.1 Å². The molecule has 0 aliphatic rings. The maximum atomic E-state index is 12.9. The van der Waals surface area contributed by atoms with Crippen molar-refractivity contribution in [3.63, 3.8) is 0 Å². The first-order valence-electron chi connectivity index (χ1n) is 9.92. The minimum Gasteiger partial charge on any atom is -0.444 e. The third-order valence-electron chi connectivity index (χ3n) is 4.51. The highest BCUT2D eigenvalue weighted by Gasteiger charge is 2.30. The maximum Gasteiger partial charge on any atom is 0.407 e. The van der Waals surface area contributed by atoms with E-state index in [0.29, 0.717) is 0 Å². The van der Waals surface area contributed by atoms with Gasteiger partial charge in [-0.2, -0.15) is 4.31 Å². The van der Waals surface area contributed by atoms with Gasteiger partial charge in [0, 0.05) is 13.6 Å². The van der Waals surface area contributed by atoms with E-state index in [9.17, 15) is 18.3 Å². The van der Waals surface area contributed by atoms with Crippen molar-refractivity contribution in [1.29, 1.82) is 0 Å². The van der Waals surface area contributed by atoms with E-state index in [2.05, 4.69) is 5.32 Å². The van der Waals surface area contributed by atoms with Gasteiger partial charge in [0.1, 0.15) is 5.60 Å². The number of carbonyl (C=O) groups excluding carboxylic acids is 1. The van der Waals surface area contributed by atoms with Gasteiger partial charge in [-0.15, -0.1) is 0 Å². The van der Waals surface area contributed by atoms with Gasteiger partial charge in [-0.25, -0.2) is 13.2 Å². The molecule has 0 spiro atoms. The lowest BCUT2D eigenvalue weighted by Gasteiger charge is -2.29. The third-order valence-corrected chi connectivity index (χ3v) is 7.07. The first kappa shape index (κ1) is 26.4. The molecule has 2 aromatic rings. The smallest absolute Gasteiger partial charge is 0.407 e. The number of hydrogen-bond donors (Lipinski definition) is 2. The molecule has 0 aromatic heterocycles. The van der Waals surface area contributed by atoms with E-state index in [1.165, 1.54) is 25.2 Å². The minimum atomic E-state index is -3.95. The average Bonchev–Trinajstić information content (AvgIpc) is 2.68. The number of hydrogen-bond acceptors (Lipinski definition) is 5. The Balaban J connectivity index is 2.20. The van der Waals surface area contributed by atoms with E-state index in [0.717, 1.165) is 9.87 Å². The van der Waals surface area contributed by atoms with Crippen LogP contribution in [0.25, 0.3) is 0 Å². The summed E-state index contributed by atoms with van der Waals surface area (Å²) in [5, 5.41) is 13.9. The molecule has 1 amide bonds. The van der Waals surface area contributed by atoms with Crippen molar-refractivity contribution in [1.82, 2.24) is 9.62 Å². The summed E-state index contributed by atoms with van der Waals surface area (Å²) >= 11 is 11.8. The van der Waals surface area contributed by atoms with Gasteiger partial charge in [-0.05, 0) is 51.0 Å². The fourth-order valence-electron chi connectivity index (χ4n) is 2.92. The molecule has 2 atom stereocenters. The molecule has 2 N–H and O–H groups in total. The summed E-state index contributed by atoms with van der Waals surface area (Å²) in [7, 11) is -2.61. The van der Waals surface area contributed by atoms with Crippen LogP contribution in [0, 0.1) is 0 Å². The lowest BCUT2D eigenvalue weighted by Crippen LogP contribution is -2.50. The Morgan fingerprint density at radius 2 is 1.75 bits per heavy atom. The largest absolute Gasteiger partial charge is 0.444 e. The van der Waals surface area contributed by atoms with Crippen LogP contribution >= 0.6 is 23.2 Å². The molecule has 0 saturated carbocycles. The summed E-state index contributed by atoms with van der Waals surface area (Å²) in [6.07, 6.45) is -1.64. The number of sulfonamides is 1. The van der Waals surface area contributed by atoms with Crippen LogP contribution in [0.4, 0.5) is 4.79 Å². The van der Waals surface area contributed by atoms with Crippen molar-refractivity contribution in [3.05, 3.63) is 64.1 Å². The molecule has 7 nitrogen and oxygen atoms in total. The Morgan fingerprint density at radius 1 is 1.12 bits per heavy atom. The first-order valence-corrected chi connectivity index (χ1v) is 12.1. The number of amides is 1. The van der Waals surface area contributed by atoms with E-state index in [1.54, 1.807) is 20.8 Å². The summed E-state index contributed by atoms with van der Waals surface area (Å²) in [5.41, 5.74) is 0.142. The normalized spacial score (nSPS) is 14.1. The van der Waals surface area contributed by atoms with E-state index in [4.69, 9.17) is 27.9 Å². The standard InChI is InChI=1S/C22H28Cl2N2O5S/c1-22(2,3)31-21(28)25-19(12-15-8-6-5-7-9-15)20(27)14-26(4)32(29,30)16-10-11-17(23)18(24)13-16/h5-11,13,19-20,27H,12,14H2,1-4H3,(H,25,28)/t19-,20+/m0/s1. The number of aliphatic hydroxyl groups is 1. The molecule has 2 rings (SSSR count). The summed E-state index contributed by atoms with van der Waals surface area (Å²) in [6, 6.07) is 12.4. The number of likely N-dealkylation sites (N-methyl/N-ethyl adjacent to an activating group) is 1. The molecule has 176 valence electrons. The van der Waals surface area contributed by atoms with Crippen molar-refractivity contribution in [2.24, 2.45) is 0 Å². The van der Waals surface area contributed by atoms with Crippen LogP contribution in [0.15, 0.2) is 53.4 Å². The van der Waals surface area contributed by atoms with E-state index >= 15 is 0 Å². The lowest BCUT2D eigenvalue weighted by molar-refractivity contribution is 0.0408. The molecule has 0 saturated heterocycles. The second kappa shape index (κ2) is 10.9. The Kier molecular flexibility index (Phi) is 8.96. The molecule has 0 aliphatic carbocycles. The molecule has 10 heteroatoms. The molecule has 32 heavy (non-hydrogen) atoms. The highest BCUT2D eigenvalue weighted by molar-refractivity contribution is 7.89. The van der Waals surface area contributed by atoms with Crippen LogP contribution in [-0.4, -0.2) is 55.3 Å². The highest BCUT2D eigenvalue weighted by Crippen LogP contribution is 2.26. The SMILES string of the molecule is CN(C[C@@H](O)[C@H](Cc1ccccc1)NC(=O)OC(C)(C)C)S(=O)(=O)c1ccc(Cl)c(Cl)c1. The number of ether oxygens (including phenoxy) is 1. The highest BCUT2D eigenvalue weighted by atomic mass is 35.5. The van der Waals surface area contributed by atoms with Crippen LogP contribution in [0.5, 0.6) is 0 Å². The van der Waals surface area contributed by atoms with Gasteiger partial charge in [0.25, 0.3) is 0 Å². The minimum absolute atomic E-state index is 0.0543. The van der Waals surface area contributed by atoms with Crippen molar-refractivity contribution >= 4 is 39.3 Å². The zero-order chi connectivity index (χ0) is 24.1. The van der Waals surface area contributed by atoms with Crippen molar-refractivity contribution in [3.8, 4) is 0 Å². The fourth-order valence-corrected chi connectivity index (χ4v) is 4.49. The summed E-state index contributed by atoms with van der Waals surface area (Å²) in [6.45, 7) is 4.92. The number of alkyl carbamates (subject to hydrolysis) is 1. The average molecular weight is 503 g/mol. The summed E-state index contributed by atoms with van der Waals surface area (Å²) in [4.78, 5) is 12.3. The molecule has 0 radical (unpaired) electrons. The fraction of sp³-hybridized carbons (Fsp3) is 0.409. The van der Waals surface area contributed by atoms with Gasteiger partial charge >= 0.3 is 6.09 Å². The zero-order valence-electron chi connectivity index (χ0n) is 18.4. The van der Waals surface area contributed by atoms with Crippen LogP contribution in [-0.2, 0) is 21.2 Å². The maximum absolute atomic E-state index is 12.9. The summed E-state index contributed by atoms with van der Waals surface area (Å²) < 4.78 is 32.2. The lowest BCUT2D eigenvalue weighted by atomic mass is 10.0. The number of rotatable bonds is 8. The number of nitrogens with one attached hydrogen (secondary N) is 1. The Bertz CT molecular complexity index is 1030. The van der Waals surface area contributed by atoms with Crippen LogP contribution in [0.1, 0.15) is 26.3 Å². The van der Waals surface area contributed by atoms with Crippen LogP contribution in [0.3, 0.4) is 0 Å². The van der Waals surface area contributed by atoms with E-state index in [-0.39, 0.29) is 27.9 Å². The molecule has 0 aliphatic heterocycles. The van der Waals surface area contributed by atoms with Gasteiger partial charge < -0.3 is 15.2 Å². The van der Waals surface area contributed by atoms with Gasteiger partial charge in [0.15, 0.2) is 0 Å². The summed E-state index contributed by atoms with van der Waals surface area (Å²) in [5.74, 6) is 0. The molecular formula is C22H28Cl2N2O5S. The second-order valence-electron chi connectivity index (χ2n) is 8.37. The Labute approximate surface area is 199 Å². The predicted octanol–water partition coefficient (Wildman–Crippen LogP) is 4.11. The van der Waals surface area contributed by atoms with Crippen LogP contribution in [0.2, 0.25) is 10.0 Å². The second-order valence-corrected chi connectivity index (χ2v) is 11.2. The van der Waals surface area contributed by atoms with Gasteiger partial charge in [-0.1, -0.05) is 53.5 Å². The number of benzene rings is 2. The van der Waals surface area contributed by atoms with Crippen molar-refractivity contribution in [2.75, 3.05) is 13.6 Å². The van der Waals surface area contributed by atoms with Crippen LogP contribution < -0.4 is 5.32 Å². The van der Waals surface area contributed by atoms with E-state index < -0.39 is 33.9 Å². The van der Waals surface area contributed by atoms with Crippen molar-refractivity contribution < 1.29 is 23.1 Å². The Hall–Kier alpha value is -1.84. The monoisotopic (exact) mass is 502 g/mol. The molecule has 0 unspecified atom stereocenters. The van der Waals surface area contributed by atoms with E-state index in [1.807, 2.05) is 30.3 Å². The third kappa shape index (κ3) is 7.64. The van der Waals surface area contributed by atoms with Gasteiger partial charge in [-0.3, -0.25) is 0 Å².